The molecule has 0 bridgehead atoms. The van der Waals surface area contributed by atoms with Crippen molar-refractivity contribution < 1.29 is 9.53 Å². The van der Waals surface area contributed by atoms with Crippen molar-refractivity contribution in [1.29, 1.82) is 0 Å². The third-order valence-electron chi connectivity index (χ3n) is 2.69. The van der Waals surface area contributed by atoms with E-state index in [1.165, 1.54) is 7.11 Å². The molecule has 0 saturated heterocycles. The second kappa shape index (κ2) is 6.66. The van der Waals surface area contributed by atoms with E-state index in [0.717, 1.165) is 16.8 Å². The Bertz CT molecular complexity index is 541. The summed E-state index contributed by atoms with van der Waals surface area (Å²) in [6.07, 6.45) is 1.75. The van der Waals surface area contributed by atoms with E-state index in [9.17, 15) is 4.79 Å². The van der Waals surface area contributed by atoms with Crippen LogP contribution in [0.3, 0.4) is 0 Å². The van der Waals surface area contributed by atoms with Crippen LogP contribution in [0.2, 0.25) is 0 Å². The van der Waals surface area contributed by atoms with E-state index in [-0.39, 0.29) is 12.5 Å². The summed E-state index contributed by atoms with van der Waals surface area (Å²) in [5.74, 6) is -0.134. The van der Waals surface area contributed by atoms with Crippen molar-refractivity contribution in [2.24, 2.45) is 0 Å². The smallest absolute Gasteiger partial charge is 0.246 e. The number of aromatic nitrogens is 1. The predicted octanol–water partition coefficient (Wildman–Crippen LogP) is 2.01. The third-order valence-corrected chi connectivity index (χ3v) is 2.69. The molecule has 0 unspecified atom stereocenters. The third kappa shape index (κ3) is 3.63. The lowest BCUT2D eigenvalue weighted by atomic mass is 10.1. The number of amides is 1. The van der Waals surface area contributed by atoms with Crippen molar-refractivity contribution in [3.05, 3.63) is 54.2 Å². The van der Waals surface area contributed by atoms with Crippen molar-refractivity contribution in [3.8, 4) is 11.3 Å². The maximum absolute atomic E-state index is 11.4. The Kier molecular flexibility index (Phi) is 4.64. The van der Waals surface area contributed by atoms with Gasteiger partial charge in [0.15, 0.2) is 0 Å². The second-order valence-corrected chi connectivity index (χ2v) is 4.09. The number of rotatable bonds is 5. The minimum atomic E-state index is -0.134. The molecule has 0 aliphatic rings. The topological polar surface area (TPSA) is 51.2 Å². The number of hydrogen-bond acceptors (Lipinski definition) is 3. The largest absolute Gasteiger partial charge is 0.375 e. The van der Waals surface area contributed by atoms with E-state index in [0.29, 0.717) is 6.54 Å². The summed E-state index contributed by atoms with van der Waals surface area (Å²) in [5.41, 5.74) is 2.91. The zero-order valence-corrected chi connectivity index (χ0v) is 10.8. The number of ether oxygens (including phenoxy) is 1. The number of carbonyl (C=O) groups is 1. The Balaban J connectivity index is 2.15. The molecule has 4 nitrogen and oxygen atoms in total. The van der Waals surface area contributed by atoms with Gasteiger partial charge in [-0.25, -0.2) is 0 Å². The van der Waals surface area contributed by atoms with Crippen LogP contribution in [0.4, 0.5) is 0 Å². The lowest BCUT2D eigenvalue weighted by Gasteiger charge is -2.09. The average Bonchev–Trinajstić information content (AvgIpc) is 2.47. The van der Waals surface area contributed by atoms with E-state index in [4.69, 9.17) is 4.74 Å². The summed E-state index contributed by atoms with van der Waals surface area (Å²) < 4.78 is 4.78. The maximum atomic E-state index is 11.4. The lowest BCUT2D eigenvalue weighted by Crippen LogP contribution is -2.26. The quantitative estimate of drug-likeness (QED) is 0.890. The van der Waals surface area contributed by atoms with Gasteiger partial charge >= 0.3 is 0 Å². The van der Waals surface area contributed by atoms with Gasteiger partial charge in [0.25, 0.3) is 0 Å². The van der Waals surface area contributed by atoms with Gasteiger partial charge in [-0.2, -0.15) is 0 Å². The molecule has 0 fully saturated rings. The summed E-state index contributed by atoms with van der Waals surface area (Å²) in [7, 11) is 1.50. The minimum absolute atomic E-state index is 0.0704. The zero-order valence-electron chi connectivity index (χ0n) is 10.8. The molecule has 1 amide bonds. The molecule has 2 aromatic rings. The highest BCUT2D eigenvalue weighted by atomic mass is 16.5. The molecular weight excluding hydrogens is 240 g/mol. The highest BCUT2D eigenvalue weighted by Gasteiger charge is 2.07. The van der Waals surface area contributed by atoms with Gasteiger partial charge in [0.2, 0.25) is 5.91 Å². The predicted molar refractivity (Wildman–Crippen MR) is 73.4 cm³/mol. The number of nitrogens with one attached hydrogen (secondary N) is 1. The first-order valence-electron chi connectivity index (χ1n) is 6.06. The molecule has 1 aromatic carbocycles. The van der Waals surface area contributed by atoms with Crippen LogP contribution in [0.1, 0.15) is 5.56 Å². The van der Waals surface area contributed by atoms with Crippen molar-refractivity contribution in [1.82, 2.24) is 10.3 Å². The van der Waals surface area contributed by atoms with E-state index >= 15 is 0 Å². The maximum Gasteiger partial charge on any atom is 0.246 e. The van der Waals surface area contributed by atoms with E-state index in [1.807, 2.05) is 42.5 Å². The first-order valence-corrected chi connectivity index (χ1v) is 6.06. The lowest BCUT2D eigenvalue weighted by molar-refractivity contribution is -0.124. The summed E-state index contributed by atoms with van der Waals surface area (Å²) in [5, 5.41) is 2.81. The standard InChI is InChI=1S/C15H16N2O2/c1-19-11-14(18)17-10-13-8-5-9-16-15(13)12-6-3-2-4-7-12/h2-9H,10-11H2,1H3,(H,17,18). The molecule has 4 heteroatoms. The minimum Gasteiger partial charge on any atom is -0.375 e. The summed E-state index contributed by atoms with van der Waals surface area (Å²) in [4.78, 5) is 15.8. The van der Waals surface area contributed by atoms with Crippen LogP contribution in [0.5, 0.6) is 0 Å². The second-order valence-electron chi connectivity index (χ2n) is 4.09. The Morgan fingerprint density at radius 3 is 2.74 bits per heavy atom. The summed E-state index contributed by atoms with van der Waals surface area (Å²) >= 11 is 0. The molecule has 2 rings (SSSR count). The van der Waals surface area contributed by atoms with Crippen LogP contribution >= 0.6 is 0 Å². The fraction of sp³-hybridized carbons (Fsp3) is 0.200. The number of pyridine rings is 1. The normalized spacial score (nSPS) is 10.2. The van der Waals surface area contributed by atoms with Gasteiger partial charge in [-0.05, 0) is 11.6 Å². The first kappa shape index (κ1) is 13.2. The van der Waals surface area contributed by atoms with Crippen molar-refractivity contribution >= 4 is 5.91 Å². The molecule has 1 aromatic heterocycles. The molecule has 1 heterocycles. The molecule has 0 aliphatic heterocycles. The van der Waals surface area contributed by atoms with Crippen LogP contribution in [0.25, 0.3) is 11.3 Å². The van der Waals surface area contributed by atoms with Crippen LogP contribution in [0.15, 0.2) is 48.7 Å². The molecule has 19 heavy (non-hydrogen) atoms. The van der Waals surface area contributed by atoms with Gasteiger partial charge in [0, 0.05) is 25.4 Å². The Labute approximate surface area is 112 Å². The average molecular weight is 256 g/mol. The summed E-state index contributed by atoms with van der Waals surface area (Å²) in [6, 6.07) is 13.7. The van der Waals surface area contributed by atoms with Crippen molar-refractivity contribution in [3.63, 3.8) is 0 Å². The Morgan fingerprint density at radius 2 is 2.00 bits per heavy atom. The fourth-order valence-corrected chi connectivity index (χ4v) is 1.81. The fourth-order valence-electron chi connectivity index (χ4n) is 1.81. The molecule has 0 saturated carbocycles. The number of benzene rings is 1. The van der Waals surface area contributed by atoms with E-state index in [1.54, 1.807) is 6.20 Å². The molecule has 98 valence electrons. The summed E-state index contributed by atoms with van der Waals surface area (Å²) in [6.45, 7) is 0.515. The van der Waals surface area contributed by atoms with Gasteiger partial charge < -0.3 is 10.1 Å². The molecular formula is C15H16N2O2. The van der Waals surface area contributed by atoms with Gasteiger partial charge in [0.1, 0.15) is 6.61 Å². The number of carbonyl (C=O) groups excluding carboxylic acids is 1. The van der Waals surface area contributed by atoms with Crippen molar-refractivity contribution in [2.75, 3.05) is 13.7 Å². The van der Waals surface area contributed by atoms with Crippen molar-refractivity contribution in [2.45, 2.75) is 6.54 Å². The van der Waals surface area contributed by atoms with Crippen LogP contribution < -0.4 is 5.32 Å². The molecule has 0 radical (unpaired) electrons. The van der Waals surface area contributed by atoms with Crippen LogP contribution in [-0.4, -0.2) is 24.6 Å². The van der Waals surface area contributed by atoms with Gasteiger partial charge in [-0.3, -0.25) is 9.78 Å². The Morgan fingerprint density at radius 1 is 1.21 bits per heavy atom. The highest BCUT2D eigenvalue weighted by molar-refractivity contribution is 5.77. The molecule has 1 N–H and O–H groups in total. The monoisotopic (exact) mass is 256 g/mol. The Hall–Kier alpha value is -2.20. The van der Waals surface area contributed by atoms with Crippen LogP contribution in [-0.2, 0) is 16.1 Å². The molecule has 0 aliphatic carbocycles. The van der Waals surface area contributed by atoms with E-state index < -0.39 is 0 Å². The van der Waals surface area contributed by atoms with Gasteiger partial charge in [0.05, 0.1) is 5.69 Å². The zero-order chi connectivity index (χ0) is 13.5. The first-order chi connectivity index (χ1) is 9.31. The van der Waals surface area contributed by atoms with Gasteiger partial charge in [-0.15, -0.1) is 0 Å². The molecule has 0 spiro atoms. The number of methoxy groups -OCH3 is 1. The molecule has 0 atom stereocenters. The van der Waals surface area contributed by atoms with E-state index in [2.05, 4.69) is 10.3 Å². The number of hydrogen-bond donors (Lipinski definition) is 1. The van der Waals surface area contributed by atoms with Crippen LogP contribution in [0, 0.1) is 0 Å². The SMILES string of the molecule is COCC(=O)NCc1cccnc1-c1ccccc1. The highest BCUT2D eigenvalue weighted by Crippen LogP contribution is 2.20. The van der Waals surface area contributed by atoms with Gasteiger partial charge in [-0.1, -0.05) is 36.4 Å². The number of nitrogens with zero attached hydrogens (tertiary/aromatic N) is 1.